The number of benzene rings is 3. The van der Waals surface area contributed by atoms with E-state index in [-0.39, 0.29) is 24.2 Å². The molecule has 0 radical (unpaired) electrons. The molecule has 0 bridgehead atoms. The highest BCUT2D eigenvalue weighted by Gasteiger charge is 2.32. The van der Waals surface area contributed by atoms with E-state index in [1.165, 1.54) is 12.1 Å². The van der Waals surface area contributed by atoms with Crippen molar-refractivity contribution in [3.8, 4) is 5.75 Å². The monoisotopic (exact) mass is 534 g/mol. The summed E-state index contributed by atoms with van der Waals surface area (Å²) in [5, 5.41) is 2.90. The average Bonchev–Trinajstić information content (AvgIpc) is 2.83. The van der Waals surface area contributed by atoms with Crippen LogP contribution in [0.5, 0.6) is 5.75 Å². The van der Waals surface area contributed by atoms with Crippen molar-refractivity contribution in [2.75, 3.05) is 11.9 Å². The van der Waals surface area contributed by atoms with Crippen LogP contribution in [0.3, 0.4) is 0 Å². The number of hydrogen-bond donors (Lipinski definition) is 1. The van der Waals surface area contributed by atoms with E-state index in [0.717, 1.165) is 30.2 Å². The van der Waals surface area contributed by atoms with Crippen LogP contribution in [0, 0.1) is 5.92 Å². The van der Waals surface area contributed by atoms with Gasteiger partial charge in [-0.2, -0.15) is 21.6 Å². The summed E-state index contributed by atoms with van der Waals surface area (Å²) in [6, 6.07) is 16.7. The van der Waals surface area contributed by atoms with Gasteiger partial charge in [-0.05, 0) is 65.9 Å². The average molecular weight is 535 g/mol. The number of carbonyl (C=O) groups is 1. The Bertz CT molecular complexity index is 1340. The van der Waals surface area contributed by atoms with Gasteiger partial charge in [0, 0.05) is 18.8 Å². The maximum atomic E-state index is 13.1. The van der Waals surface area contributed by atoms with E-state index in [1.807, 2.05) is 39.0 Å². The number of halogens is 3. The minimum atomic E-state index is -4.69. The Morgan fingerprint density at radius 2 is 1.65 bits per heavy atom. The first-order chi connectivity index (χ1) is 17.4. The fourth-order valence-corrected chi connectivity index (χ4v) is 4.62. The second kappa shape index (κ2) is 11.7. The third kappa shape index (κ3) is 7.98. The van der Waals surface area contributed by atoms with Gasteiger partial charge in [0.25, 0.3) is 0 Å². The smallest absolute Gasteiger partial charge is 0.379 e. The van der Waals surface area contributed by atoms with E-state index in [1.54, 1.807) is 23.1 Å². The van der Waals surface area contributed by atoms with E-state index in [0.29, 0.717) is 23.9 Å². The van der Waals surface area contributed by atoms with E-state index < -0.39 is 26.8 Å². The molecule has 198 valence electrons. The van der Waals surface area contributed by atoms with Crippen LogP contribution in [0.2, 0.25) is 0 Å². The van der Waals surface area contributed by atoms with Crippen molar-refractivity contribution in [1.29, 1.82) is 0 Å². The molecule has 1 N–H and O–H groups in total. The molecule has 0 aliphatic rings. The van der Waals surface area contributed by atoms with Crippen LogP contribution in [0.1, 0.15) is 37.5 Å². The predicted octanol–water partition coefficient (Wildman–Crippen LogP) is 6.73. The highest BCUT2D eigenvalue weighted by molar-refractivity contribution is 7.87. The van der Waals surface area contributed by atoms with E-state index in [2.05, 4.69) is 5.32 Å². The van der Waals surface area contributed by atoms with Gasteiger partial charge in [0.15, 0.2) is 0 Å². The van der Waals surface area contributed by atoms with Gasteiger partial charge in [-0.3, -0.25) is 0 Å². The number of nitrogens with zero attached hydrogens (tertiary/aromatic N) is 1. The number of anilines is 1. The Morgan fingerprint density at radius 1 is 0.973 bits per heavy atom. The number of carbonyl (C=O) groups excluding carboxylic acids is 1. The van der Waals surface area contributed by atoms with Gasteiger partial charge in [0.05, 0.1) is 5.56 Å². The molecule has 0 saturated carbocycles. The minimum Gasteiger partial charge on any atom is -0.379 e. The number of alkyl halides is 3. The molecule has 0 spiro atoms. The van der Waals surface area contributed by atoms with Crippen LogP contribution in [0.25, 0.3) is 0 Å². The summed E-state index contributed by atoms with van der Waals surface area (Å²) in [5.41, 5.74) is 1.25. The largest absolute Gasteiger partial charge is 0.416 e. The van der Waals surface area contributed by atoms with Gasteiger partial charge in [0.2, 0.25) is 0 Å². The summed E-state index contributed by atoms with van der Waals surface area (Å²) >= 11 is 0. The summed E-state index contributed by atoms with van der Waals surface area (Å²) in [5.74, 6) is 0.0870. The van der Waals surface area contributed by atoms with Gasteiger partial charge >= 0.3 is 22.3 Å². The lowest BCUT2D eigenvalue weighted by atomic mass is 10.1. The maximum Gasteiger partial charge on any atom is 0.416 e. The first-order valence-corrected chi connectivity index (χ1v) is 13.1. The van der Waals surface area contributed by atoms with Crippen molar-refractivity contribution < 1.29 is 30.6 Å². The van der Waals surface area contributed by atoms with Crippen LogP contribution < -0.4 is 9.50 Å². The Kier molecular flexibility index (Phi) is 8.85. The minimum absolute atomic E-state index is 0.0736. The molecule has 0 heterocycles. The molecule has 0 unspecified atom stereocenters. The molecule has 0 saturated heterocycles. The third-order valence-corrected chi connectivity index (χ3v) is 6.63. The molecular weight excluding hydrogens is 505 g/mol. The Balaban J connectivity index is 1.78. The van der Waals surface area contributed by atoms with Crippen LogP contribution in [0.4, 0.5) is 23.7 Å². The lowest BCUT2D eigenvalue weighted by Crippen LogP contribution is -2.37. The molecule has 0 aliphatic heterocycles. The maximum absolute atomic E-state index is 13.1. The summed E-state index contributed by atoms with van der Waals surface area (Å²) < 4.78 is 69.5. The molecule has 37 heavy (non-hydrogen) atoms. The first kappa shape index (κ1) is 28.0. The van der Waals surface area contributed by atoms with E-state index >= 15 is 0 Å². The van der Waals surface area contributed by atoms with Crippen molar-refractivity contribution in [3.05, 3.63) is 89.5 Å². The molecule has 2 amide bonds. The molecule has 3 aromatic carbocycles. The fraction of sp³-hybridized carbons (Fsp3) is 0.296. The number of rotatable bonds is 9. The molecule has 3 rings (SSSR count). The van der Waals surface area contributed by atoms with E-state index in [9.17, 15) is 26.4 Å². The number of hydrogen-bond acceptors (Lipinski definition) is 4. The highest BCUT2D eigenvalue weighted by atomic mass is 32.2. The molecule has 0 fully saturated rings. The molecule has 0 aromatic heterocycles. The summed E-state index contributed by atoms with van der Waals surface area (Å²) in [6.07, 6.45) is -3.86. The van der Waals surface area contributed by atoms with Crippen molar-refractivity contribution >= 4 is 21.8 Å². The lowest BCUT2D eigenvalue weighted by molar-refractivity contribution is -0.137. The van der Waals surface area contributed by atoms with Gasteiger partial charge < -0.3 is 14.4 Å². The fourth-order valence-electron chi connectivity index (χ4n) is 3.65. The normalized spacial score (nSPS) is 11.9. The van der Waals surface area contributed by atoms with E-state index in [4.69, 9.17) is 4.18 Å². The van der Waals surface area contributed by atoms with Crippen LogP contribution >= 0.6 is 0 Å². The highest BCUT2D eigenvalue weighted by Crippen LogP contribution is 2.31. The van der Waals surface area contributed by atoms with Gasteiger partial charge in [-0.15, -0.1) is 0 Å². The summed E-state index contributed by atoms with van der Waals surface area (Å²) in [7, 11) is -4.52. The molecule has 10 heteroatoms. The number of aryl methyl sites for hydroxylation is 1. The zero-order chi connectivity index (χ0) is 27.2. The molecule has 3 aromatic rings. The Hall–Kier alpha value is -3.53. The standard InChI is InChI=1S/C27H29F3N2O4S/c1-4-20-8-5-11-23(14-20)31-26(33)32(17-19(2)3)18-21-9-6-12-24(15-21)36-37(34,35)25-13-7-10-22(16-25)27(28,29)30/h5-16,19H,4,17-18H2,1-3H3,(H,31,33). The molecule has 0 atom stereocenters. The van der Waals surface area contributed by atoms with Crippen molar-refractivity contribution in [2.45, 2.75) is 44.8 Å². The first-order valence-electron chi connectivity index (χ1n) is 11.7. The molecule has 6 nitrogen and oxygen atoms in total. The van der Waals surface area contributed by atoms with Crippen molar-refractivity contribution in [1.82, 2.24) is 4.90 Å². The quantitative estimate of drug-likeness (QED) is 0.309. The summed E-state index contributed by atoms with van der Waals surface area (Å²) in [6.45, 7) is 6.57. The lowest BCUT2D eigenvalue weighted by Gasteiger charge is -2.25. The summed E-state index contributed by atoms with van der Waals surface area (Å²) in [4.78, 5) is 14.1. The van der Waals surface area contributed by atoms with Crippen LogP contribution in [0.15, 0.2) is 77.7 Å². The predicted molar refractivity (Wildman–Crippen MR) is 136 cm³/mol. The Labute approximate surface area is 215 Å². The zero-order valence-corrected chi connectivity index (χ0v) is 21.6. The zero-order valence-electron chi connectivity index (χ0n) is 20.7. The van der Waals surface area contributed by atoms with Crippen LogP contribution in [-0.4, -0.2) is 25.9 Å². The molecule has 0 aliphatic carbocycles. The number of urea groups is 1. The number of amides is 2. The van der Waals surface area contributed by atoms with Gasteiger partial charge in [-0.25, -0.2) is 4.79 Å². The van der Waals surface area contributed by atoms with Gasteiger partial charge in [0.1, 0.15) is 10.6 Å². The third-order valence-electron chi connectivity index (χ3n) is 5.39. The Morgan fingerprint density at radius 3 is 2.32 bits per heavy atom. The topological polar surface area (TPSA) is 75.7 Å². The van der Waals surface area contributed by atoms with Crippen molar-refractivity contribution in [3.63, 3.8) is 0 Å². The van der Waals surface area contributed by atoms with Crippen molar-refractivity contribution in [2.24, 2.45) is 5.92 Å². The second-order valence-corrected chi connectivity index (χ2v) is 10.5. The van der Waals surface area contributed by atoms with Gasteiger partial charge in [-0.1, -0.05) is 51.1 Å². The molecular formula is C27H29F3N2O4S. The van der Waals surface area contributed by atoms with Crippen LogP contribution in [-0.2, 0) is 29.3 Å². The second-order valence-electron chi connectivity index (χ2n) is 8.97. The number of nitrogens with one attached hydrogen (secondary N) is 1. The SMILES string of the molecule is CCc1cccc(NC(=O)N(Cc2cccc(OS(=O)(=O)c3cccc(C(F)(F)F)c3)c2)CC(C)C)c1.